The second-order valence-corrected chi connectivity index (χ2v) is 6.91. The van der Waals surface area contributed by atoms with Crippen molar-refractivity contribution in [2.45, 2.75) is 31.6 Å². The zero-order chi connectivity index (χ0) is 15.2. The van der Waals surface area contributed by atoms with Crippen molar-refractivity contribution in [3.8, 4) is 0 Å². The highest BCUT2D eigenvalue weighted by Gasteiger charge is 2.18. The first-order valence-electron chi connectivity index (χ1n) is 6.76. The summed E-state index contributed by atoms with van der Waals surface area (Å²) >= 11 is 0. The summed E-state index contributed by atoms with van der Waals surface area (Å²) in [5, 5.41) is 2.68. The third-order valence-corrected chi connectivity index (χ3v) is 5.05. The first-order valence-corrected chi connectivity index (χ1v) is 8.41. The smallest absolute Gasteiger partial charge is 0.224 e. The fourth-order valence-corrected chi connectivity index (χ4v) is 2.91. The summed E-state index contributed by atoms with van der Waals surface area (Å²) in [6, 6.07) is 6.45. The molecule has 0 aliphatic carbocycles. The molecular formula is C14H22N2O3S. The lowest BCUT2D eigenvalue weighted by Crippen LogP contribution is -2.22. The van der Waals surface area contributed by atoms with E-state index in [1.165, 1.54) is 6.07 Å². The normalized spacial score (nSPS) is 12.9. The highest BCUT2D eigenvalue weighted by molar-refractivity contribution is 7.91. The van der Waals surface area contributed by atoms with E-state index in [0.29, 0.717) is 18.7 Å². The van der Waals surface area contributed by atoms with Crippen LogP contribution in [-0.4, -0.2) is 26.6 Å². The van der Waals surface area contributed by atoms with Crippen molar-refractivity contribution in [1.29, 1.82) is 0 Å². The number of para-hydroxylation sites is 1. The van der Waals surface area contributed by atoms with Crippen LogP contribution < -0.4 is 11.1 Å². The highest BCUT2D eigenvalue weighted by Crippen LogP contribution is 2.22. The Morgan fingerprint density at radius 1 is 1.30 bits per heavy atom. The Morgan fingerprint density at radius 2 is 1.95 bits per heavy atom. The Morgan fingerprint density at radius 3 is 2.50 bits per heavy atom. The van der Waals surface area contributed by atoms with Crippen molar-refractivity contribution in [2.24, 2.45) is 11.7 Å². The van der Waals surface area contributed by atoms with Crippen molar-refractivity contribution < 1.29 is 13.2 Å². The molecule has 3 N–H and O–H groups in total. The molecule has 5 nitrogen and oxygen atoms in total. The first-order chi connectivity index (χ1) is 9.44. The number of nitrogens with two attached hydrogens (primary N) is 1. The molecule has 1 aromatic carbocycles. The van der Waals surface area contributed by atoms with Gasteiger partial charge in [-0.25, -0.2) is 8.42 Å². The minimum Gasteiger partial charge on any atom is -0.330 e. The van der Waals surface area contributed by atoms with Crippen LogP contribution in [0.5, 0.6) is 0 Å². The summed E-state index contributed by atoms with van der Waals surface area (Å²) in [6.45, 7) is 3.99. The number of hydrogen-bond acceptors (Lipinski definition) is 4. The van der Waals surface area contributed by atoms with Gasteiger partial charge in [-0.15, -0.1) is 0 Å². The third-order valence-electron chi connectivity index (χ3n) is 3.26. The molecule has 1 rings (SSSR count). The molecular weight excluding hydrogens is 276 g/mol. The molecule has 112 valence electrons. The van der Waals surface area contributed by atoms with E-state index in [-0.39, 0.29) is 22.5 Å². The molecule has 1 aromatic rings. The van der Waals surface area contributed by atoms with Gasteiger partial charge >= 0.3 is 0 Å². The number of anilines is 1. The Bertz CT molecular complexity index is 551. The van der Waals surface area contributed by atoms with E-state index in [1.807, 2.05) is 6.92 Å². The van der Waals surface area contributed by atoms with Gasteiger partial charge in [0.2, 0.25) is 5.91 Å². The number of hydrogen-bond donors (Lipinski definition) is 2. The molecule has 1 atom stereocenters. The van der Waals surface area contributed by atoms with Crippen LogP contribution in [0.4, 0.5) is 5.69 Å². The predicted molar refractivity (Wildman–Crippen MR) is 80.3 cm³/mol. The lowest BCUT2D eigenvalue weighted by molar-refractivity contribution is -0.117. The molecule has 20 heavy (non-hydrogen) atoms. The van der Waals surface area contributed by atoms with Crippen molar-refractivity contribution in [1.82, 2.24) is 0 Å². The zero-order valence-corrected chi connectivity index (χ0v) is 12.7. The third kappa shape index (κ3) is 4.31. The Labute approximate surface area is 120 Å². The maximum Gasteiger partial charge on any atom is 0.224 e. The lowest BCUT2D eigenvalue weighted by atomic mass is 10.0. The van der Waals surface area contributed by atoms with Gasteiger partial charge < -0.3 is 11.1 Å². The average molecular weight is 298 g/mol. The zero-order valence-electron chi connectivity index (χ0n) is 11.9. The molecule has 0 radical (unpaired) electrons. The number of benzene rings is 1. The van der Waals surface area contributed by atoms with E-state index in [9.17, 15) is 13.2 Å². The van der Waals surface area contributed by atoms with Crippen LogP contribution in [0.2, 0.25) is 0 Å². The summed E-state index contributed by atoms with van der Waals surface area (Å²) < 4.78 is 23.9. The molecule has 1 unspecified atom stereocenters. The average Bonchev–Trinajstić information content (AvgIpc) is 2.45. The van der Waals surface area contributed by atoms with Crippen molar-refractivity contribution in [3.63, 3.8) is 0 Å². The predicted octanol–water partition coefficient (Wildman–Crippen LogP) is 1.79. The highest BCUT2D eigenvalue weighted by atomic mass is 32.2. The van der Waals surface area contributed by atoms with Gasteiger partial charge in [0.15, 0.2) is 9.84 Å². The van der Waals surface area contributed by atoms with E-state index in [0.717, 1.165) is 6.42 Å². The molecule has 0 saturated heterocycles. The Kier molecular flexibility index (Phi) is 6.16. The molecule has 0 heterocycles. The molecule has 0 spiro atoms. The van der Waals surface area contributed by atoms with Gasteiger partial charge in [0.1, 0.15) is 0 Å². The second-order valence-electron chi connectivity index (χ2n) is 4.66. The number of rotatable bonds is 7. The van der Waals surface area contributed by atoms with E-state index in [4.69, 9.17) is 5.73 Å². The molecule has 0 aliphatic rings. The molecule has 0 bridgehead atoms. The standard InChI is InChI=1S/C14H22N2O3S/c1-3-11(10-15)9-14(17)16-12-7-5-6-8-13(12)20(18,19)4-2/h5-8,11H,3-4,9-10,15H2,1-2H3,(H,16,17). The van der Waals surface area contributed by atoms with Crippen LogP contribution in [0.3, 0.4) is 0 Å². The number of nitrogens with one attached hydrogen (secondary N) is 1. The fraction of sp³-hybridized carbons (Fsp3) is 0.500. The minimum atomic E-state index is -3.35. The molecule has 6 heteroatoms. The number of carbonyl (C=O) groups is 1. The number of sulfone groups is 1. The molecule has 0 aliphatic heterocycles. The van der Waals surface area contributed by atoms with Gasteiger partial charge in [-0.3, -0.25) is 4.79 Å². The Balaban J connectivity index is 2.91. The van der Waals surface area contributed by atoms with Gasteiger partial charge in [0, 0.05) is 6.42 Å². The van der Waals surface area contributed by atoms with Gasteiger partial charge in [-0.2, -0.15) is 0 Å². The summed E-state index contributed by atoms with van der Waals surface area (Å²) in [5.41, 5.74) is 5.91. The molecule has 0 saturated carbocycles. The maximum atomic E-state index is 12.0. The molecule has 1 amide bonds. The number of carbonyl (C=O) groups excluding carboxylic acids is 1. The van der Waals surface area contributed by atoms with Crippen molar-refractivity contribution in [3.05, 3.63) is 24.3 Å². The monoisotopic (exact) mass is 298 g/mol. The second kappa shape index (κ2) is 7.40. The topological polar surface area (TPSA) is 89.3 Å². The Hall–Kier alpha value is -1.40. The van der Waals surface area contributed by atoms with E-state index >= 15 is 0 Å². The van der Waals surface area contributed by atoms with Gasteiger partial charge in [0.25, 0.3) is 0 Å². The van der Waals surface area contributed by atoms with Crippen molar-refractivity contribution >= 4 is 21.4 Å². The first kappa shape index (κ1) is 16.7. The quantitative estimate of drug-likeness (QED) is 0.803. The van der Waals surface area contributed by atoms with Crippen LogP contribution >= 0.6 is 0 Å². The van der Waals surface area contributed by atoms with Gasteiger partial charge in [-0.05, 0) is 24.6 Å². The van der Waals surface area contributed by atoms with Crippen LogP contribution in [0.25, 0.3) is 0 Å². The maximum absolute atomic E-state index is 12.0. The van der Waals surface area contributed by atoms with Crippen LogP contribution in [-0.2, 0) is 14.6 Å². The van der Waals surface area contributed by atoms with Crippen LogP contribution in [0.15, 0.2) is 29.2 Å². The van der Waals surface area contributed by atoms with Gasteiger partial charge in [-0.1, -0.05) is 32.4 Å². The molecule has 0 aromatic heterocycles. The van der Waals surface area contributed by atoms with E-state index in [2.05, 4.69) is 5.32 Å². The summed E-state index contributed by atoms with van der Waals surface area (Å²) in [7, 11) is -3.35. The van der Waals surface area contributed by atoms with Gasteiger partial charge in [0.05, 0.1) is 16.3 Å². The SMILES string of the molecule is CCC(CN)CC(=O)Nc1ccccc1S(=O)(=O)CC. The van der Waals surface area contributed by atoms with Crippen LogP contribution in [0, 0.1) is 5.92 Å². The lowest BCUT2D eigenvalue weighted by Gasteiger charge is -2.14. The fourth-order valence-electron chi connectivity index (χ4n) is 1.85. The summed E-state index contributed by atoms with van der Waals surface area (Å²) in [6.07, 6.45) is 1.12. The largest absolute Gasteiger partial charge is 0.330 e. The van der Waals surface area contributed by atoms with Crippen molar-refractivity contribution in [2.75, 3.05) is 17.6 Å². The number of amides is 1. The van der Waals surface area contributed by atoms with E-state index < -0.39 is 9.84 Å². The molecule has 0 fully saturated rings. The minimum absolute atomic E-state index is 0.000267. The summed E-state index contributed by atoms with van der Waals surface area (Å²) in [5.74, 6) is -0.0914. The summed E-state index contributed by atoms with van der Waals surface area (Å²) in [4.78, 5) is 12.1. The van der Waals surface area contributed by atoms with Crippen LogP contribution in [0.1, 0.15) is 26.7 Å². The van der Waals surface area contributed by atoms with E-state index in [1.54, 1.807) is 25.1 Å².